The zero-order valence-electron chi connectivity index (χ0n) is 13.4. The first-order valence-electron chi connectivity index (χ1n) is 7.21. The number of rotatable bonds is 4. The molecule has 0 amide bonds. The van der Waals surface area contributed by atoms with Gasteiger partial charge >= 0.3 is 24.3 Å². The maximum atomic E-state index is 12.5. The number of hydrogen-bond acceptors (Lipinski definition) is 5. The molecule has 0 atom stereocenters. The van der Waals surface area contributed by atoms with Crippen molar-refractivity contribution >= 4 is 17.7 Å². The van der Waals surface area contributed by atoms with Gasteiger partial charge in [0.05, 0.1) is 5.56 Å². The summed E-state index contributed by atoms with van der Waals surface area (Å²) < 4.78 is 82.3. The molecule has 0 fully saturated rings. The van der Waals surface area contributed by atoms with Crippen molar-refractivity contribution in [3.05, 3.63) is 59.7 Å². The minimum atomic E-state index is -5.44. The fourth-order valence-electron chi connectivity index (χ4n) is 1.91. The van der Waals surface area contributed by atoms with Gasteiger partial charge in [-0.15, -0.1) is 0 Å². The molecule has 0 bridgehead atoms. The largest absolute Gasteiger partial charge is 0.491 e. The van der Waals surface area contributed by atoms with Crippen molar-refractivity contribution in [2.45, 2.75) is 12.4 Å². The quantitative estimate of drug-likeness (QED) is 0.334. The van der Waals surface area contributed by atoms with Crippen LogP contribution in [0.15, 0.2) is 48.5 Å². The fraction of sp³-hybridized carbons (Fsp3) is 0.118. The van der Waals surface area contributed by atoms with Crippen LogP contribution in [0, 0.1) is 0 Å². The second kappa shape index (κ2) is 7.71. The minimum Gasteiger partial charge on any atom is -0.420 e. The maximum absolute atomic E-state index is 12.5. The van der Waals surface area contributed by atoms with Crippen molar-refractivity contribution in [2.75, 3.05) is 0 Å². The highest BCUT2D eigenvalue weighted by Crippen LogP contribution is 2.30. The number of ketones is 1. The average molecular weight is 406 g/mol. The predicted molar refractivity (Wildman–Crippen MR) is 79.7 cm³/mol. The van der Waals surface area contributed by atoms with Crippen LogP contribution in [0.4, 0.5) is 26.3 Å². The molecule has 0 spiro atoms. The summed E-state index contributed by atoms with van der Waals surface area (Å²) in [6.45, 7) is 0. The zero-order valence-corrected chi connectivity index (χ0v) is 13.4. The number of esters is 2. The molecule has 0 aliphatic rings. The third kappa shape index (κ3) is 5.09. The lowest BCUT2D eigenvalue weighted by atomic mass is 10.0. The molecule has 0 aliphatic carbocycles. The summed E-state index contributed by atoms with van der Waals surface area (Å²) in [4.78, 5) is 34.4. The highest BCUT2D eigenvalue weighted by atomic mass is 19.4. The summed E-state index contributed by atoms with van der Waals surface area (Å²) >= 11 is 0. The molecule has 11 heteroatoms. The van der Waals surface area contributed by atoms with E-state index in [0.29, 0.717) is 6.07 Å². The van der Waals surface area contributed by atoms with Gasteiger partial charge in [-0.05, 0) is 12.1 Å². The summed E-state index contributed by atoms with van der Waals surface area (Å²) in [5, 5.41) is 0. The molecule has 0 unspecified atom stereocenters. The molecule has 0 saturated carbocycles. The maximum Gasteiger partial charge on any atom is 0.491 e. The first kappa shape index (κ1) is 20.9. The average Bonchev–Trinajstić information content (AvgIpc) is 2.60. The molecule has 2 aromatic carbocycles. The van der Waals surface area contributed by atoms with E-state index in [9.17, 15) is 40.7 Å². The minimum absolute atomic E-state index is 0.00634. The Morgan fingerprint density at radius 1 is 0.714 bits per heavy atom. The molecule has 5 nitrogen and oxygen atoms in total. The normalized spacial score (nSPS) is 11.6. The van der Waals surface area contributed by atoms with Gasteiger partial charge in [0.1, 0.15) is 11.5 Å². The highest BCUT2D eigenvalue weighted by molar-refractivity contribution is 6.11. The van der Waals surface area contributed by atoms with Crippen molar-refractivity contribution < 1.29 is 50.2 Å². The zero-order chi connectivity index (χ0) is 21.1. The second-order valence-electron chi connectivity index (χ2n) is 5.13. The third-order valence-electron chi connectivity index (χ3n) is 3.11. The van der Waals surface area contributed by atoms with Crippen LogP contribution in [-0.2, 0) is 9.59 Å². The monoisotopic (exact) mass is 406 g/mol. The van der Waals surface area contributed by atoms with Crippen molar-refractivity contribution in [2.24, 2.45) is 0 Å². The van der Waals surface area contributed by atoms with Crippen LogP contribution in [0.2, 0.25) is 0 Å². The predicted octanol–water partition coefficient (Wildman–Crippen LogP) is 3.85. The van der Waals surface area contributed by atoms with Gasteiger partial charge in [0, 0.05) is 11.6 Å². The van der Waals surface area contributed by atoms with E-state index in [1.54, 1.807) is 6.07 Å². The molecule has 28 heavy (non-hydrogen) atoms. The molecule has 0 aromatic heterocycles. The third-order valence-corrected chi connectivity index (χ3v) is 3.11. The molecule has 0 aliphatic heterocycles. The van der Waals surface area contributed by atoms with Crippen LogP contribution < -0.4 is 9.47 Å². The summed E-state index contributed by atoms with van der Waals surface area (Å²) in [6.07, 6.45) is -10.8. The molecule has 0 N–H and O–H groups in total. The van der Waals surface area contributed by atoms with Gasteiger partial charge in [-0.25, -0.2) is 9.59 Å². The second-order valence-corrected chi connectivity index (χ2v) is 5.13. The molecule has 0 radical (unpaired) electrons. The van der Waals surface area contributed by atoms with Crippen LogP contribution in [0.5, 0.6) is 11.5 Å². The Balaban J connectivity index is 2.45. The van der Waals surface area contributed by atoms with Gasteiger partial charge in [-0.1, -0.05) is 30.3 Å². The Labute approximate surface area is 152 Å². The molecule has 148 valence electrons. The van der Waals surface area contributed by atoms with Crippen LogP contribution in [0.25, 0.3) is 0 Å². The van der Waals surface area contributed by atoms with Crippen molar-refractivity contribution in [1.82, 2.24) is 0 Å². The van der Waals surface area contributed by atoms with E-state index in [0.717, 1.165) is 12.1 Å². The lowest BCUT2D eigenvalue weighted by Gasteiger charge is -2.13. The van der Waals surface area contributed by atoms with Crippen molar-refractivity contribution in [3.63, 3.8) is 0 Å². The molecule has 0 saturated heterocycles. The smallest absolute Gasteiger partial charge is 0.420 e. The number of carbonyl (C=O) groups is 3. The van der Waals surface area contributed by atoms with Gasteiger partial charge in [-0.2, -0.15) is 26.3 Å². The number of carbonyl (C=O) groups excluding carboxylic acids is 3. The van der Waals surface area contributed by atoms with E-state index < -0.39 is 47.1 Å². The fourth-order valence-corrected chi connectivity index (χ4v) is 1.91. The first-order chi connectivity index (χ1) is 12.9. The number of alkyl halides is 6. The Morgan fingerprint density at radius 2 is 1.25 bits per heavy atom. The van der Waals surface area contributed by atoms with E-state index >= 15 is 0 Å². The van der Waals surface area contributed by atoms with Crippen molar-refractivity contribution in [1.29, 1.82) is 0 Å². The number of ether oxygens (including phenoxy) is 2. The molecular formula is C17H8F6O5. The summed E-state index contributed by atoms with van der Waals surface area (Å²) in [6, 6.07) is 9.01. The van der Waals surface area contributed by atoms with E-state index in [1.165, 1.54) is 24.3 Å². The summed E-state index contributed by atoms with van der Waals surface area (Å²) in [5.74, 6) is -8.14. The lowest BCUT2D eigenvalue weighted by molar-refractivity contribution is -0.190. The van der Waals surface area contributed by atoms with Gasteiger partial charge in [-0.3, -0.25) is 4.79 Å². The van der Waals surface area contributed by atoms with E-state index in [-0.39, 0.29) is 5.56 Å². The van der Waals surface area contributed by atoms with Gasteiger partial charge in [0.25, 0.3) is 0 Å². The van der Waals surface area contributed by atoms with Gasteiger partial charge in [0.2, 0.25) is 0 Å². The Bertz CT molecular complexity index is 902. The van der Waals surface area contributed by atoms with E-state index in [2.05, 4.69) is 9.47 Å². The number of hydrogen-bond donors (Lipinski definition) is 0. The molecule has 2 aromatic rings. The Morgan fingerprint density at radius 3 is 1.79 bits per heavy atom. The number of halogens is 6. The standard InChI is InChI=1S/C17H8F6O5/c18-16(19,20)14(25)27-10-6-7-11(13(24)9-4-2-1-3-5-9)12(8-10)28-15(26)17(21,22)23/h1-8H. The van der Waals surface area contributed by atoms with Gasteiger partial charge < -0.3 is 9.47 Å². The highest BCUT2D eigenvalue weighted by Gasteiger charge is 2.43. The van der Waals surface area contributed by atoms with E-state index in [4.69, 9.17) is 0 Å². The Hall–Kier alpha value is -3.37. The topological polar surface area (TPSA) is 69.7 Å². The van der Waals surface area contributed by atoms with Gasteiger partial charge in [0.15, 0.2) is 5.78 Å². The first-order valence-corrected chi connectivity index (χ1v) is 7.21. The van der Waals surface area contributed by atoms with Crippen LogP contribution in [0.1, 0.15) is 15.9 Å². The summed E-state index contributed by atoms with van der Waals surface area (Å²) in [7, 11) is 0. The van der Waals surface area contributed by atoms with Crippen LogP contribution >= 0.6 is 0 Å². The van der Waals surface area contributed by atoms with Crippen LogP contribution in [0.3, 0.4) is 0 Å². The molecule has 2 rings (SSSR count). The molecule has 0 heterocycles. The number of benzene rings is 2. The Kier molecular flexibility index (Phi) is 5.76. The summed E-state index contributed by atoms with van der Waals surface area (Å²) in [5.41, 5.74) is -0.553. The van der Waals surface area contributed by atoms with Crippen molar-refractivity contribution in [3.8, 4) is 11.5 Å². The lowest BCUT2D eigenvalue weighted by Crippen LogP contribution is -2.29. The SMILES string of the molecule is O=C(c1ccccc1)c1ccc(OC(=O)C(F)(F)F)cc1OC(=O)C(F)(F)F. The van der Waals surface area contributed by atoms with Crippen LogP contribution in [-0.4, -0.2) is 30.1 Å². The molecular weight excluding hydrogens is 398 g/mol. The van der Waals surface area contributed by atoms with E-state index in [1.807, 2.05) is 0 Å².